The molecule has 0 unspecified atom stereocenters. The summed E-state index contributed by atoms with van der Waals surface area (Å²) in [5.74, 6) is -0.403. The number of hydrogen-bond acceptors (Lipinski definition) is 5. The number of pyridine rings is 1. The van der Waals surface area contributed by atoms with Crippen molar-refractivity contribution in [1.29, 1.82) is 0 Å². The van der Waals surface area contributed by atoms with Gasteiger partial charge in [-0.05, 0) is 61.4 Å². The maximum Gasteiger partial charge on any atom is 0.259 e. The predicted molar refractivity (Wildman–Crippen MR) is 129 cm³/mol. The standard InChI is InChI=1S/C26H24ClFN4O2/c1-17-24-22(15-23(29-25(24)34-30-17)19-5-9-21(28)10-6-19)26(33)32-12-2-11-31(13-14-32)16-18-3-7-20(27)8-4-18/h3-10,15H,2,11-14,16H2,1H3. The first-order chi connectivity index (χ1) is 16.5. The fourth-order valence-electron chi connectivity index (χ4n) is 4.38. The molecule has 1 saturated heterocycles. The first-order valence-corrected chi connectivity index (χ1v) is 11.6. The molecule has 0 radical (unpaired) electrons. The highest BCUT2D eigenvalue weighted by Crippen LogP contribution is 2.28. The van der Waals surface area contributed by atoms with E-state index in [0.717, 1.165) is 31.1 Å². The molecule has 5 rings (SSSR count). The number of benzene rings is 2. The van der Waals surface area contributed by atoms with Crippen molar-refractivity contribution >= 4 is 28.6 Å². The van der Waals surface area contributed by atoms with Crippen LogP contribution in [0.3, 0.4) is 0 Å². The smallest absolute Gasteiger partial charge is 0.259 e. The van der Waals surface area contributed by atoms with Crippen LogP contribution in [0.25, 0.3) is 22.4 Å². The maximum atomic E-state index is 13.7. The highest BCUT2D eigenvalue weighted by Gasteiger charge is 2.25. The van der Waals surface area contributed by atoms with E-state index in [-0.39, 0.29) is 11.7 Å². The summed E-state index contributed by atoms with van der Waals surface area (Å²) in [6.45, 7) is 5.58. The third-order valence-corrected chi connectivity index (χ3v) is 6.43. The summed E-state index contributed by atoms with van der Waals surface area (Å²) in [6.07, 6.45) is 0.876. The van der Waals surface area contributed by atoms with Crippen molar-refractivity contribution in [3.8, 4) is 11.3 Å². The van der Waals surface area contributed by atoms with Gasteiger partial charge in [0.05, 0.1) is 22.3 Å². The van der Waals surface area contributed by atoms with E-state index in [1.807, 2.05) is 29.2 Å². The van der Waals surface area contributed by atoms with Crippen molar-refractivity contribution in [2.75, 3.05) is 26.2 Å². The van der Waals surface area contributed by atoms with Gasteiger partial charge in [-0.3, -0.25) is 9.69 Å². The largest absolute Gasteiger partial charge is 0.337 e. The zero-order valence-corrected chi connectivity index (χ0v) is 19.6. The summed E-state index contributed by atoms with van der Waals surface area (Å²) >= 11 is 6.00. The average molecular weight is 479 g/mol. The van der Waals surface area contributed by atoms with Gasteiger partial charge in [-0.2, -0.15) is 0 Å². The molecule has 0 spiro atoms. The maximum absolute atomic E-state index is 13.7. The number of aromatic nitrogens is 2. The molecule has 0 N–H and O–H groups in total. The van der Waals surface area contributed by atoms with Crippen LogP contribution in [0.2, 0.25) is 5.02 Å². The minimum absolute atomic E-state index is 0.0737. The van der Waals surface area contributed by atoms with Gasteiger partial charge in [0.2, 0.25) is 0 Å². The van der Waals surface area contributed by atoms with Gasteiger partial charge in [-0.1, -0.05) is 28.9 Å². The van der Waals surface area contributed by atoms with E-state index in [1.165, 1.54) is 17.7 Å². The third-order valence-electron chi connectivity index (χ3n) is 6.18. The molecule has 1 amide bonds. The lowest BCUT2D eigenvalue weighted by Crippen LogP contribution is -2.35. The molecule has 3 heterocycles. The topological polar surface area (TPSA) is 62.5 Å². The second-order valence-corrected chi connectivity index (χ2v) is 8.99. The molecule has 1 aliphatic rings. The first-order valence-electron chi connectivity index (χ1n) is 11.3. The summed E-state index contributed by atoms with van der Waals surface area (Å²) in [7, 11) is 0. The Hall–Kier alpha value is -3.29. The summed E-state index contributed by atoms with van der Waals surface area (Å²) in [5.41, 5.74) is 3.89. The predicted octanol–water partition coefficient (Wildman–Crippen LogP) is 5.34. The van der Waals surface area contributed by atoms with Crippen LogP contribution < -0.4 is 0 Å². The van der Waals surface area contributed by atoms with Crippen molar-refractivity contribution in [1.82, 2.24) is 19.9 Å². The SMILES string of the molecule is Cc1noc2nc(-c3ccc(F)cc3)cc(C(=O)N3CCCN(Cc4ccc(Cl)cc4)CC3)c12. The molecule has 34 heavy (non-hydrogen) atoms. The summed E-state index contributed by atoms with van der Waals surface area (Å²) in [4.78, 5) is 22.5. The summed E-state index contributed by atoms with van der Waals surface area (Å²) in [6, 6.07) is 15.7. The van der Waals surface area contributed by atoms with Crippen LogP contribution in [0, 0.1) is 12.7 Å². The fourth-order valence-corrected chi connectivity index (χ4v) is 4.51. The Labute approximate surface area is 201 Å². The van der Waals surface area contributed by atoms with E-state index < -0.39 is 0 Å². The summed E-state index contributed by atoms with van der Waals surface area (Å²) < 4.78 is 18.8. The molecule has 2 aromatic carbocycles. The highest BCUT2D eigenvalue weighted by molar-refractivity contribution is 6.30. The Balaban J connectivity index is 1.39. The van der Waals surface area contributed by atoms with Gasteiger partial charge in [0.1, 0.15) is 5.82 Å². The van der Waals surface area contributed by atoms with Crippen LogP contribution in [0.1, 0.15) is 28.0 Å². The van der Waals surface area contributed by atoms with Gasteiger partial charge < -0.3 is 9.42 Å². The lowest BCUT2D eigenvalue weighted by molar-refractivity contribution is 0.0763. The van der Waals surface area contributed by atoms with Crippen molar-refractivity contribution in [3.05, 3.63) is 82.3 Å². The van der Waals surface area contributed by atoms with Crippen LogP contribution in [0.4, 0.5) is 4.39 Å². The van der Waals surface area contributed by atoms with Crippen LogP contribution >= 0.6 is 11.6 Å². The van der Waals surface area contributed by atoms with E-state index >= 15 is 0 Å². The third kappa shape index (κ3) is 4.67. The van der Waals surface area contributed by atoms with E-state index in [1.54, 1.807) is 25.1 Å². The normalized spacial score (nSPS) is 15.0. The van der Waals surface area contributed by atoms with Gasteiger partial charge in [-0.25, -0.2) is 9.37 Å². The van der Waals surface area contributed by atoms with Gasteiger partial charge in [0.25, 0.3) is 11.6 Å². The lowest BCUT2D eigenvalue weighted by Gasteiger charge is -2.22. The minimum Gasteiger partial charge on any atom is -0.337 e. The number of carbonyl (C=O) groups excluding carboxylic acids is 1. The first kappa shape index (κ1) is 22.5. The van der Waals surface area contributed by atoms with Gasteiger partial charge in [0, 0.05) is 43.3 Å². The molecule has 0 atom stereocenters. The van der Waals surface area contributed by atoms with Crippen molar-refractivity contribution in [2.45, 2.75) is 19.9 Å². The van der Waals surface area contributed by atoms with E-state index in [0.29, 0.717) is 46.7 Å². The molecule has 174 valence electrons. The number of amides is 1. The van der Waals surface area contributed by atoms with Crippen LogP contribution in [-0.2, 0) is 6.54 Å². The van der Waals surface area contributed by atoms with E-state index in [2.05, 4.69) is 15.0 Å². The Bertz CT molecular complexity index is 1320. The molecule has 8 heteroatoms. The summed E-state index contributed by atoms with van der Waals surface area (Å²) in [5, 5.41) is 5.38. The van der Waals surface area contributed by atoms with Crippen LogP contribution in [0.15, 0.2) is 59.1 Å². The number of hydrogen-bond donors (Lipinski definition) is 0. The molecule has 2 aromatic heterocycles. The molecule has 4 aromatic rings. The number of aryl methyl sites for hydroxylation is 1. The lowest BCUT2D eigenvalue weighted by atomic mass is 10.0. The second kappa shape index (κ2) is 9.52. The Morgan fingerprint density at radius 1 is 1.06 bits per heavy atom. The van der Waals surface area contributed by atoms with Gasteiger partial charge >= 0.3 is 0 Å². The Morgan fingerprint density at radius 3 is 2.59 bits per heavy atom. The second-order valence-electron chi connectivity index (χ2n) is 8.56. The number of carbonyl (C=O) groups is 1. The molecule has 6 nitrogen and oxygen atoms in total. The van der Waals surface area contributed by atoms with Crippen molar-refractivity contribution < 1.29 is 13.7 Å². The van der Waals surface area contributed by atoms with E-state index in [9.17, 15) is 9.18 Å². The zero-order valence-electron chi connectivity index (χ0n) is 18.8. The molecule has 1 aliphatic heterocycles. The van der Waals surface area contributed by atoms with Crippen LogP contribution in [0.5, 0.6) is 0 Å². The van der Waals surface area contributed by atoms with Gasteiger partial charge in [0.15, 0.2) is 0 Å². The Morgan fingerprint density at radius 2 is 1.82 bits per heavy atom. The van der Waals surface area contributed by atoms with Crippen molar-refractivity contribution in [2.24, 2.45) is 0 Å². The molecule has 0 bridgehead atoms. The number of rotatable bonds is 4. The average Bonchev–Trinajstić information content (AvgIpc) is 3.06. The fraction of sp³-hybridized carbons (Fsp3) is 0.269. The number of halogens is 2. The number of fused-ring (bicyclic) bond motifs is 1. The molecule has 0 saturated carbocycles. The van der Waals surface area contributed by atoms with Crippen LogP contribution in [-0.4, -0.2) is 52.0 Å². The molecule has 0 aliphatic carbocycles. The molecule has 1 fully saturated rings. The molecular weight excluding hydrogens is 455 g/mol. The monoisotopic (exact) mass is 478 g/mol. The Kier molecular flexibility index (Phi) is 6.30. The quantitative estimate of drug-likeness (QED) is 0.396. The van der Waals surface area contributed by atoms with Gasteiger partial charge in [-0.15, -0.1) is 0 Å². The van der Waals surface area contributed by atoms with E-state index in [4.69, 9.17) is 16.1 Å². The number of nitrogens with zero attached hydrogens (tertiary/aromatic N) is 4. The highest BCUT2D eigenvalue weighted by atomic mass is 35.5. The zero-order chi connectivity index (χ0) is 23.7. The molecular formula is C26H24ClFN4O2. The van der Waals surface area contributed by atoms with Crippen molar-refractivity contribution in [3.63, 3.8) is 0 Å². The minimum atomic E-state index is -0.329.